The summed E-state index contributed by atoms with van der Waals surface area (Å²) in [7, 11) is 0. The number of carbonyl (C=O) groups is 2. The van der Waals surface area contributed by atoms with Gasteiger partial charge >= 0.3 is 6.03 Å². The van der Waals surface area contributed by atoms with Crippen LogP contribution >= 0.6 is 0 Å². The van der Waals surface area contributed by atoms with E-state index in [4.69, 9.17) is 4.74 Å². The molecule has 14 heavy (non-hydrogen) atoms. The van der Waals surface area contributed by atoms with Crippen LogP contribution in [-0.4, -0.2) is 42.1 Å². The molecule has 2 saturated heterocycles. The number of hydrogen-bond acceptors (Lipinski definition) is 3. The molecular weight excluding hydrogens is 184 g/mol. The fourth-order valence-electron chi connectivity index (χ4n) is 1.90. The molecule has 2 rings (SSSR count). The van der Waals surface area contributed by atoms with Crippen LogP contribution in [0.2, 0.25) is 0 Å². The molecule has 2 aliphatic rings. The van der Waals surface area contributed by atoms with E-state index in [9.17, 15) is 9.59 Å². The first kappa shape index (κ1) is 9.45. The molecule has 0 aromatic carbocycles. The Morgan fingerprint density at radius 1 is 1.50 bits per heavy atom. The number of ether oxygens (including phenoxy) is 1. The monoisotopic (exact) mass is 198 g/mol. The standard InChI is InChI=1S/C9H14N2O3/c1-6-2-3-7(14-6)4-11-5-8(12)10-9(11)13/h6-7H,2-5H2,1H3,(H,10,12,13). The minimum Gasteiger partial charge on any atom is -0.373 e. The summed E-state index contributed by atoms with van der Waals surface area (Å²) in [6, 6.07) is -0.293. The molecule has 2 atom stereocenters. The second-order valence-corrected chi connectivity index (χ2v) is 3.88. The highest BCUT2D eigenvalue weighted by atomic mass is 16.5. The number of amides is 3. The van der Waals surface area contributed by atoms with Gasteiger partial charge in [0.2, 0.25) is 5.91 Å². The zero-order valence-electron chi connectivity index (χ0n) is 8.16. The number of urea groups is 1. The number of nitrogens with zero attached hydrogens (tertiary/aromatic N) is 1. The maximum atomic E-state index is 11.2. The van der Waals surface area contributed by atoms with Crippen molar-refractivity contribution in [3.05, 3.63) is 0 Å². The van der Waals surface area contributed by atoms with E-state index in [-0.39, 0.29) is 30.7 Å². The van der Waals surface area contributed by atoms with Gasteiger partial charge in [0.25, 0.3) is 0 Å². The van der Waals surface area contributed by atoms with Crippen LogP contribution in [0.4, 0.5) is 4.79 Å². The summed E-state index contributed by atoms with van der Waals surface area (Å²) in [5.41, 5.74) is 0. The molecule has 0 saturated carbocycles. The predicted molar refractivity (Wildman–Crippen MR) is 48.7 cm³/mol. The van der Waals surface area contributed by atoms with E-state index in [0.29, 0.717) is 6.54 Å². The van der Waals surface area contributed by atoms with Crippen LogP contribution in [0.15, 0.2) is 0 Å². The lowest BCUT2D eigenvalue weighted by Crippen LogP contribution is -2.35. The fourth-order valence-corrected chi connectivity index (χ4v) is 1.90. The lowest BCUT2D eigenvalue weighted by molar-refractivity contribution is -0.118. The molecule has 3 amide bonds. The van der Waals surface area contributed by atoms with Crippen molar-refractivity contribution < 1.29 is 14.3 Å². The van der Waals surface area contributed by atoms with Gasteiger partial charge in [-0.1, -0.05) is 0 Å². The van der Waals surface area contributed by atoms with Crippen molar-refractivity contribution in [1.82, 2.24) is 10.2 Å². The average Bonchev–Trinajstić information content (AvgIpc) is 2.61. The second kappa shape index (κ2) is 3.57. The first-order chi connectivity index (χ1) is 6.65. The Hall–Kier alpha value is -1.10. The number of hydrogen-bond donors (Lipinski definition) is 1. The summed E-state index contributed by atoms with van der Waals surface area (Å²) >= 11 is 0. The van der Waals surface area contributed by atoms with Gasteiger partial charge in [0.05, 0.1) is 12.2 Å². The lowest BCUT2D eigenvalue weighted by Gasteiger charge is -2.18. The Labute approximate surface area is 82.4 Å². The molecule has 0 spiro atoms. The molecule has 78 valence electrons. The molecule has 2 aliphatic heterocycles. The quantitative estimate of drug-likeness (QED) is 0.640. The highest BCUT2D eigenvalue weighted by Crippen LogP contribution is 2.20. The molecule has 2 fully saturated rings. The summed E-state index contributed by atoms with van der Waals surface area (Å²) in [5, 5.41) is 2.24. The van der Waals surface area contributed by atoms with Crippen molar-refractivity contribution in [1.29, 1.82) is 0 Å². The van der Waals surface area contributed by atoms with Crippen LogP contribution in [0.5, 0.6) is 0 Å². The minimum atomic E-state index is -0.293. The molecule has 2 heterocycles. The normalized spacial score (nSPS) is 32.5. The van der Waals surface area contributed by atoms with Gasteiger partial charge in [-0.3, -0.25) is 10.1 Å². The van der Waals surface area contributed by atoms with Crippen LogP contribution in [0.1, 0.15) is 19.8 Å². The van der Waals surface area contributed by atoms with E-state index in [1.165, 1.54) is 4.90 Å². The van der Waals surface area contributed by atoms with Crippen LogP contribution in [-0.2, 0) is 9.53 Å². The number of nitrogens with one attached hydrogen (secondary N) is 1. The Kier molecular flexibility index (Phi) is 2.41. The van der Waals surface area contributed by atoms with Crippen molar-refractivity contribution in [3.63, 3.8) is 0 Å². The van der Waals surface area contributed by atoms with Crippen molar-refractivity contribution in [2.24, 2.45) is 0 Å². The van der Waals surface area contributed by atoms with Crippen molar-refractivity contribution in [2.75, 3.05) is 13.1 Å². The van der Waals surface area contributed by atoms with Crippen LogP contribution < -0.4 is 5.32 Å². The number of imide groups is 1. The highest BCUT2D eigenvalue weighted by Gasteiger charge is 2.31. The van der Waals surface area contributed by atoms with Gasteiger partial charge in [-0.05, 0) is 19.8 Å². The Bertz CT molecular complexity index is 267. The first-order valence-corrected chi connectivity index (χ1v) is 4.89. The summed E-state index contributed by atoms with van der Waals surface area (Å²) in [6.07, 6.45) is 2.38. The largest absolute Gasteiger partial charge is 0.373 e. The minimum absolute atomic E-state index is 0.0987. The summed E-state index contributed by atoms with van der Waals surface area (Å²) in [6.45, 7) is 2.73. The molecule has 5 heteroatoms. The summed E-state index contributed by atoms with van der Waals surface area (Å²) < 4.78 is 5.57. The molecule has 5 nitrogen and oxygen atoms in total. The molecule has 0 aromatic heterocycles. The highest BCUT2D eigenvalue weighted by molar-refractivity contribution is 6.01. The topological polar surface area (TPSA) is 58.6 Å². The van der Waals surface area contributed by atoms with Crippen molar-refractivity contribution in [2.45, 2.75) is 32.0 Å². The Morgan fingerprint density at radius 3 is 2.79 bits per heavy atom. The molecule has 0 aliphatic carbocycles. The van der Waals surface area contributed by atoms with Crippen LogP contribution in [0.3, 0.4) is 0 Å². The van der Waals surface area contributed by atoms with E-state index < -0.39 is 0 Å². The summed E-state index contributed by atoms with van der Waals surface area (Å²) in [4.78, 5) is 23.6. The van der Waals surface area contributed by atoms with Crippen LogP contribution in [0, 0.1) is 0 Å². The van der Waals surface area contributed by atoms with Gasteiger partial charge in [-0.15, -0.1) is 0 Å². The van der Waals surface area contributed by atoms with Gasteiger partial charge in [-0.25, -0.2) is 4.79 Å². The third-order valence-corrected chi connectivity index (χ3v) is 2.61. The molecule has 0 radical (unpaired) electrons. The van der Waals surface area contributed by atoms with E-state index in [1.54, 1.807) is 0 Å². The van der Waals surface area contributed by atoms with E-state index in [0.717, 1.165) is 12.8 Å². The van der Waals surface area contributed by atoms with Crippen molar-refractivity contribution in [3.8, 4) is 0 Å². The molecule has 2 unspecified atom stereocenters. The van der Waals surface area contributed by atoms with Gasteiger partial charge in [0.1, 0.15) is 6.54 Å². The fraction of sp³-hybridized carbons (Fsp3) is 0.778. The van der Waals surface area contributed by atoms with Crippen LogP contribution in [0.25, 0.3) is 0 Å². The Balaban J connectivity index is 1.86. The Morgan fingerprint density at radius 2 is 2.29 bits per heavy atom. The summed E-state index contributed by atoms with van der Waals surface area (Å²) in [5.74, 6) is -0.221. The third kappa shape index (κ3) is 1.87. The van der Waals surface area contributed by atoms with E-state index >= 15 is 0 Å². The second-order valence-electron chi connectivity index (χ2n) is 3.88. The van der Waals surface area contributed by atoms with Gasteiger partial charge in [-0.2, -0.15) is 0 Å². The molecular formula is C9H14N2O3. The molecule has 1 N–H and O–H groups in total. The zero-order chi connectivity index (χ0) is 10.1. The van der Waals surface area contributed by atoms with Gasteiger partial charge < -0.3 is 9.64 Å². The van der Waals surface area contributed by atoms with Gasteiger partial charge in [0.15, 0.2) is 0 Å². The zero-order valence-corrected chi connectivity index (χ0v) is 8.16. The third-order valence-electron chi connectivity index (χ3n) is 2.61. The molecule has 0 aromatic rings. The van der Waals surface area contributed by atoms with Crippen molar-refractivity contribution >= 4 is 11.9 Å². The SMILES string of the molecule is CC1CCC(CN2CC(=O)NC2=O)O1. The smallest absolute Gasteiger partial charge is 0.324 e. The maximum absolute atomic E-state index is 11.2. The predicted octanol–water partition coefficient (Wildman–Crippen LogP) is 0.106. The average molecular weight is 198 g/mol. The number of carbonyl (C=O) groups excluding carboxylic acids is 2. The molecule has 0 bridgehead atoms. The maximum Gasteiger partial charge on any atom is 0.324 e. The van der Waals surface area contributed by atoms with E-state index in [1.807, 2.05) is 6.92 Å². The van der Waals surface area contributed by atoms with Gasteiger partial charge in [0, 0.05) is 6.54 Å². The van der Waals surface area contributed by atoms with E-state index in [2.05, 4.69) is 5.32 Å². The first-order valence-electron chi connectivity index (χ1n) is 4.89. The number of rotatable bonds is 2. The lowest BCUT2D eigenvalue weighted by atomic mass is 10.2.